The predicted molar refractivity (Wildman–Crippen MR) is 97.4 cm³/mol. The first-order chi connectivity index (χ1) is 10.2. The van der Waals surface area contributed by atoms with Crippen molar-refractivity contribution in [2.75, 3.05) is 5.32 Å². The van der Waals surface area contributed by atoms with Gasteiger partial charge in [0.2, 0.25) is 0 Å². The first-order valence-corrected chi connectivity index (χ1v) is 8.75. The Hall–Kier alpha value is -1.41. The standard InChI is InChI=1S/C20H25NS/c1-19(2,3)13-20(4,5)14-10-11-16-18(12-14)22-17-9-7-6-8-15(17)21-16/h6-12,21H,13H2,1-5H3. The molecule has 2 aromatic carbocycles. The van der Waals surface area contributed by atoms with E-state index in [1.807, 2.05) is 11.8 Å². The normalized spacial score (nSPS) is 14.0. The lowest BCUT2D eigenvalue weighted by Crippen LogP contribution is -2.25. The van der Waals surface area contributed by atoms with Crippen molar-refractivity contribution in [1.29, 1.82) is 0 Å². The molecule has 1 N–H and O–H groups in total. The quantitative estimate of drug-likeness (QED) is 0.571. The number of benzene rings is 2. The highest BCUT2D eigenvalue weighted by Gasteiger charge is 2.28. The minimum absolute atomic E-state index is 0.185. The van der Waals surface area contributed by atoms with Gasteiger partial charge in [-0.05, 0) is 47.1 Å². The number of anilines is 2. The molecule has 0 aliphatic carbocycles. The summed E-state index contributed by atoms with van der Waals surface area (Å²) in [5.41, 5.74) is 4.37. The van der Waals surface area contributed by atoms with E-state index >= 15 is 0 Å². The van der Waals surface area contributed by atoms with E-state index in [2.05, 4.69) is 82.4 Å². The molecule has 1 aliphatic heterocycles. The Labute approximate surface area is 138 Å². The van der Waals surface area contributed by atoms with Gasteiger partial charge in [0, 0.05) is 9.79 Å². The van der Waals surface area contributed by atoms with Crippen LogP contribution in [-0.2, 0) is 5.41 Å². The highest BCUT2D eigenvalue weighted by molar-refractivity contribution is 7.99. The van der Waals surface area contributed by atoms with Gasteiger partial charge in [-0.15, -0.1) is 0 Å². The fraction of sp³-hybridized carbons (Fsp3) is 0.400. The van der Waals surface area contributed by atoms with Gasteiger partial charge in [-0.1, -0.05) is 64.6 Å². The Bertz CT molecular complexity index is 695. The minimum atomic E-state index is 0.185. The predicted octanol–water partition coefficient (Wildman–Crippen LogP) is 6.61. The molecule has 0 aromatic heterocycles. The summed E-state index contributed by atoms with van der Waals surface area (Å²) in [5.74, 6) is 0. The summed E-state index contributed by atoms with van der Waals surface area (Å²) < 4.78 is 0. The lowest BCUT2D eigenvalue weighted by atomic mass is 9.72. The maximum atomic E-state index is 3.55. The molecule has 3 rings (SSSR count). The van der Waals surface area contributed by atoms with Crippen molar-refractivity contribution in [2.24, 2.45) is 5.41 Å². The van der Waals surface area contributed by atoms with Gasteiger partial charge in [-0.3, -0.25) is 0 Å². The third-order valence-electron chi connectivity index (χ3n) is 4.11. The molecule has 0 radical (unpaired) electrons. The highest BCUT2D eigenvalue weighted by atomic mass is 32.2. The number of fused-ring (bicyclic) bond motifs is 2. The summed E-state index contributed by atoms with van der Waals surface area (Å²) in [4.78, 5) is 2.64. The van der Waals surface area contributed by atoms with Crippen molar-refractivity contribution in [2.45, 2.75) is 56.2 Å². The van der Waals surface area contributed by atoms with Crippen molar-refractivity contribution in [3.05, 3.63) is 48.0 Å². The van der Waals surface area contributed by atoms with Gasteiger partial charge in [-0.2, -0.15) is 0 Å². The van der Waals surface area contributed by atoms with Crippen LogP contribution in [0.3, 0.4) is 0 Å². The molecule has 0 bridgehead atoms. The fourth-order valence-corrected chi connectivity index (χ4v) is 4.51. The van der Waals surface area contributed by atoms with Crippen molar-refractivity contribution in [1.82, 2.24) is 0 Å². The second-order valence-corrected chi connectivity index (χ2v) is 9.14. The van der Waals surface area contributed by atoms with Crippen LogP contribution < -0.4 is 5.32 Å². The van der Waals surface area contributed by atoms with E-state index < -0.39 is 0 Å². The van der Waals surface area contributed by atoms with E-state index in [0.29, 0.717) is 5.41 Å². The van der Waals surface area contributed by atoms with Gasteiger partial charge < -0.3 is 5.32 Å². The zero-order chi connectivity index (χ0) is 16.0. The minimum Gasteiger partial charge on any atom is -0.354 e. The second kappa shape index (κ2) is 5.34. The smallest absolute Gasteiger partial charge is 0.0526 e. The van der Waals surface area contributed by atoms with Gasteiger partial charge >= 0.3 is 0 Å². The van der Waals surface area contributed by atoms with Crippen LogP contribution in [0.15, 0.2) is 52.3 Å². The summed E-state index contributed by atoms with van der Waals surface area (Å²) in [6.07, 6.45) is 1.17. The lowest BCUT2D eigenvalue weighted by molar-refractivity contribution is 0.284. The molecule has 0 atom stereocenters. The van der Waals surface area contributed by atoms with Crippen LogP contribution in [0.4, 0.5) is 11.4 Å². The lowest BCUT2D eigenvalue weighted by Gasteiger charge is -2.34. The maximum Gasteiger partial charge on any atom is 0.0526 e. The van der Waals surface area contributed by atoms with Crippen LogP contribution >= 0.6 is 11.8 Å². The Morgan fingerprint density at radius 1 is 0.864 bits per heavy atom. The molecule has 1 heterocycles. The SMILES string of the molecule is CC(C)(C)CC(C)(C)c1ccc2c(c1)Sc1ccccc1N2. The van der Waals surface area contributed by atoms with Gasteiger partial charge in [0.25, 0.3) is 0 Å². The molecule has 0 fully saturated rings. The molecular weight excluding hydrogens is 286 g/mol. The van der Waals surface area contributed by atoms with Gasteiger partial charge in [0.15, 0.2) is 0 Å². The molecule has 2 aromatic rings. The molecule has 0 saturated heterocycles. The molecule has 2 heteroatoms. The Balaban J connectivity index is 1.93. The third kappa shape index (κ3) is 3.17. The Morgan fingerprint density at radius 2 is 1.55 bits per heavy atom. The summed E-state index contributed by atoms with van der Waals surface area (Å²) in [7, 11) is 0. The van der Waals surface area contributed by atoms with Crippen LogP contribution in [-0.4, -0.2) is 0 Å². The molecule has 116 valence electrons. The monoisotopic (exact) mass is 311 g/mol. The van der Waals surface area contributed by atoms with E-state index in [0.717, 1.165) is 0 Å². The molecule has 0 saturated carbocycles. The Morgan fingerprint density at radius 3 is 2.27 bits per heavy atom. The first-order valence-electron chi connectivity index (χ1n) is 7.93. The molecule has 0 amide bonds. The maximum absolute atomic E-state index is 3.55. The van der Waals surface area contributed by atoms with Crippen molar-refractivity contribution in [3.63, 3.8) is 0 Å². The molecule has 22 heavy (non-hydrogen) atoms. The molecule has 0 spiro atoms. The molecule has 0 unspecified atom stereocenters. The van der Waals surface area contributed by atoms with Crippen LogP contribution in [0.1, 0.15) is 46.6 Å². The molecular formula is C20H25NS. The summed E-state index contributed by atoms with van der Waals surface area (Å²) in [6, 6.07) is 15.4. The summed E-state index contributed by atoms with van der Waals surface area (Å²) in [6.45, 7) is 11.7. The van der Waals surface area contributed by atoms with Gasteiger partial charge in [-0.25, -0.2) is 0 Å². The fourth-order valence-electron chi connectivity index (χ4n) is 3.48. The van der Waals surface area contributed by atoms with Crippen molar-refractivity contribution in [3.8, 4) is 0 Å². The third-order valence-corrected chi connectivity index (χ3v) is 5.25. The number of hydrogen-bond donors (Lipinski definition) is 1. The summed E-state index contributed by atoms with van der Waals surface area (Å²) in [5, 5.41) is 3.55. The summed E-state index contributed by atoms with van der Waals surface area (Å²) >= 11 is 1.87. The van der Waals surface area contributed by atoms with Crippen LogP contribution in [0.25, 0.3) is 0 Å². The average Bonchev–Trinajstić information content (AvgIpc) is 2.42. The first kappa shape index (κ1) is 15.5. The van der Waals surface area contributed by atoms with Crippen LogP contribution in [0, 0.1) is 5.41 Å². The van der Waals surface area contributed by atoms with E-state index in [-0.39, 0.29) is 5.41 Å². The number of nitrogens with one attached hydrogen (secondary N) is 1. The van der Waals surface area contributed by atoms with Gasteiger partial charge in [0.1, 0.15) is 0 Å². The number of hydrogen-bond acceptors (Lipinski definition) is 2. The topological polar surface area (TPSA) is 12.0 Å². The van der Waals surface area contributed by atoms with E-state index in [1.165, 1.54) is 33.2 Å². The van der Waals surface area contributed by atoms with E-state index in [1.54, 1.807) is 0 Å². The van der Waals surface area contributed by atoms with E-state index in [4.69, 9.17) is 0 Å². The second-order valence-electron chi connectivity index (χ2n) is 8.06. The van der Waals surface area contributed by atoms with E-state index in [9.17, 15) is 0 Å². The van der Waals surface area contributed by atoms with Crippen molar-refractivity contribution < 1.29 is 0 Å². The molecule has 1 nitrogen and oxygen atoms in total. The van der Waals surface area contributed by atoms with Crippen LogP contribution in [0.2, 0.25) is 0 Å². The average molecular weight is 311 g/mol. The zero-order valence-electron chi connectivity index (χ0n) is 14.2. The molecule has 1 aliphatic rings. The Kier molecular flexibility index (Phi) is 3.76. The zero-order valence-corrected chi connectivity index (χ0v) is 15.0. The largest absolute Gasteiger partial charge is 0.354 e. The van der Waals surface area contributed by atoms with Crippen molar-refractivity contribution >= 4 is 23.1 Å². The number of rotatable bonds is 2. The highest BCUT2D eigenvalue weighted by Crippen LogP contribution is 2.46. The van der Waals surface area contributed by atoms with Gasteiger partial charge in [0.05, 0.1) is 11.4 Å². The van der Waals surface area contributed by atoms with Crippen LogP contribution in [0.5, 0.6) is 0 Å². The number of para-hydroxylation sites is 1.